The molecule has 0 saturated heterocycles. The summed E-state index contributed by atoms with van der Waals surface area (Å²) in [6, 6.07) is 36.7. The van der Waals surface area contributed by atoms with Gasteiger partial charge >= 0.3 is 0 Å². The Balaban J connectivity index is 1.75. The van der Waals surface area contributed by atoms with E-state index in [0.29, 0.717) is 11.3 Å². The van der Waals surface area contributed by atoms with Crippen LogP contribution in [0.5, 0.6) is 0 Å². The van der Waals surface area contributed by atoms with Gasteiger partial charge in [0.25, 0.3) is 5.56 Å². The number of nitrogens with one attached hydrogen (secondary N) is 1. The Bertz CT molecular complexity index is 1720. The van der Waals surface area contributed by atoms with Gasteiger partial charge in [0.05, 0.1) is 16.8 Å². The van der Waals surface area contributed by atoms with Crippen LogP contribution in [0, 0.1) is 6.92 Å². The fourth-order valence-electron chi connectivity index (χ4n) is 4.72. The molecule has 0 amide bonds. The maximum Gasteiger partial charge on any atom is 0.258 e. The van der Waals surface area contributed by atoms with Crippen molar-refractivity contribution in [3.63, 3.8) is 0 Å². The van der Waals surface area contributed by atoms with Crippen molar-refractivity contribution >= 4 is 21.8 Å². The van der Waals surface area contributed by atoms with Crippen molar-refractivity contribution in [3.8, 4) is 33.5 Å². The summed E-state index contributed by atoms with van der Waals surface area (Å²) < 4.78 is 0. The number of nitrogens with zero attached hydrogens (tertiary/aromatic N) is 1. The molecule has 2 heterocycles. The van der Waals surface area contributed by atoms with Crippen LogP contribution in [0.3, 0.4) is 0 Å². The van der Waals surface area contributed by atoms with Crippen molar-refractivity contribution in [2.24, 2.45) is 0 Å². The van der Waals surface area contributed by atoms with Gasteiger partial charge in [-0.25, -0.2) is 4.98 Å². The Kier molecular flexibility index (Phi) is 4.81. The summed E-state index contributed by atoms with van der Waals surface area (Å²) in [6.07, 6.45) is 0. The molecule has 6 rings (SSSR count). The largest absolute Gasteiger partial charge is 0.321 e. The molecule has 0 unspecified atom stereocenters. The molecule has 3 heteroatoms. The van der Waals surface area contributed by atoms with E-state index in [9.17, 15) is 4.79 Å². The minimum absolute atomic E-state index is 0.143. The van der Waals surface area contributed by atoms with Crippen LogP contribution in [0.1, 0.15) is 5.56 Å². The topological polar surface area (TPSA) is 45.8 Å². The molecule has 34 heavy (non-hydrogen) atoms. The van der Waals surface area contributed by atoms with Gasteiger partial charge < -0.3 is 4.98 Å². The van der Waals surface area contributed by atoms with Gasteiger partial charge in [0.2, 0.25) is 0 Å². The molecule has 6 aromatic rings. The van der Waals surface area contributed by atoms with E-state index in [-0.39, 0.29) is 5.56 Å². The van der Waals surface area contributed by atoms with E-state index in [1.54, 1.807) is 0 Å². The van der Waals surface area contributed by atoms with Crippen LogP contribution in [0.4, 0.5) is 0 Å². The summed E-state index contributed by atoms with van der Waals surface area (Å²) in [7, 11) is 0. The number of aryl methyl sites for hydroxylation is 1. The molecule has 0 spiro atoms. The third-order valence-corrected chi connectivity index (χ3v) is 6.29. The first-order chi connectivity index (χ1) is 16.7. The highest BCUT2D eigenvalue weighted by Crippen LogP contribution is 2.37. The lowest BCUT2D eigenvalue weighted by Crippen LogP contribution is -2.12. The Morgan fingerprint density at radius 1 is 0.647 bits per heavy atom. The number of H-pyrrole nitrogens is 1. The summed E-state index contributed by atoms with van der Waals surface area (Å²) in [4.78, 5) is 21.7. The molecule has 2 aromatic heterocycles. The number of rotatable bonds is 3. The smallest absolute Gasteiger partial charge is 0.258 e. The SMILES string of the molecule is Cc1ccc2c(-c3ccccc3)cc(-c3c(-c4ccccc4)c4ccccc4[nH]c3=O)nc2c1. The van der Waals surface area contributed by atoms with Crippen LogP contribution in [-0.4, -0.2) is 9.97 Å². The Hall–Kier alpha value is -4.50. The molecule has 3 nitrogen and oxygen atoms in total. The highest BCUT2D eigenvalue weighted by Gasteiger charge is 2.19. The summed E-state index contributed by atoms with van der Waals surface area (Å²) >= 11 is 0. The fourth-order valence-corrected chi connectivity index (χ4v) is 4.72. The molecule has 0 fully saturated rings. The standard InChI is InChI=1S/C31H22N2O/c1-20-16-17-23-25(21-10-4-2-5-11-21)19-28(32-27(23)18-20)30-29(22-12-6-3-7-13-22)24-14-8-9-15-26(24)33-31(30)34/h2-19H,1H3,(H,33,34). The summed E-state index contributed by atoms with van der Waals surface area (Å²) in [5.74, 6) is 0. The van der Waals surface area contributed by atoms with Gasteiger partial charge in [0, 0.05) is 21.9 Å². The molecule has 0 aliphatic heterocycles. The summed E-state index contributed by atoms with van der Waals surface area (Å²) in [5, 5.41) is 2.06. The maximum absolute atomic E-state index is 13.6. The Morgan fingerprint density at radius 3 is 2.09 bits per heavy atom. The van der Waals surface area contributed by atoms with Crippen LogP contribution in [0.15, 0.2) is 114 Å². The van der Waals surface area contributed by atoms with Crippen molar-refractivity contribution in [2.75, 3.05) is 0 Å². The van der Waals surface area contributed by atoms with Gasteiger partial charge in [-0.15, -0.1) is 0 Å². The third-order valence-electron chi connectivity index (χ3n) is 6.29. The second-order valence-corrected chi connectivity index (χ2v) is 8.56. The number of pyridine rings is 2. The lowest BCUT2D eigenvalue weighted by atomic mass is 9.92. The molecule has 0 aliphatic carbocycles. The van der Waals surface area contributed by atoms with E-state index >= 15 is 0 Å². The number of hydrogen-bond donors (Lipinski definition) is 1. The highest BCUT2D eigenvalue weighted by atomic mass is 16.1. The maximum atomic E-state index is 13.6. The molecule has 162 valence electrons. The minimum atomic E-state index is -0.143. The van der Waals surface area contributed by atoms with Gasteiger partial charge in [-0.1, -0.05) is 91.0 Å². The van der Waals surface area contributed by atoms with Gasteiger partial charge in [-0.3, -0.25) is 4.79 Å². The number of aromatic amines is 1. The second kappa shape index (κ2) is 8.13. The average molecular weight is 439 g/mol. The molecular formula is C31H22N2O. The third kappa shape index (κ3) is 3.39. The first kappa shape index (κ1) is 20.1. The highest BCUT2D eigenvalue weighted by molar-refractivity contribution is 6.04. The lowest BCUT2D eigenvalue weighted by molar-refractivity contribution is 1.28. The van der Waals surface area contributed by atoms with Crippen LogP contribution in [-0.2, 0) is 0 Å². The molecule has 0 radical (unpaired) electrons. The number of benzene rings is 4. The van der Waals surface area contributed by atoms with E-state index in [2.05, 4.69) is 54.4 Å². The van der Waals surface area contributed by atoms with Crippen molar-refractivity contribution in [1.29, 1.82) is 0 Å². The van der Waals surface area contributed by atoms with Crippen molar-refractivity contribution in [1.82, 2.24) is 9.97 Å². The molecule has 4 aromatic carbocycles. The normalized spacial score (nSPS) is 11.2. The Morgan fingerprint density at radius 2 is 1.32 bits per heavy atom. The van der Waals surface area contributed by atoms with E-state index in [0.717, 1.165) is 49.6 Å². The average Bonchev–Trinajstić information content (AvgIpc) is 2.88. The predicted molar refractivity (Wildman–Crippen MR) is 141 cm³/mol. The fraction of sp³-hybridized carbons (Fsp3) is 0.0323. The van der Waals surface area contributed by atoms with E-state index in [4.69, 9.17) is 4.98 Å². The summed E-state index contributed by atoms with van der Waals surface area (Å²) in [6.45, 7) is 2.06. The first-order valence-corrected chi connectivity index (χ1v) is 11.4. The van der Waals surface area contributed by atoms with Gasteiger partial charge in [0.15, 0.2) is 0 Å². The van der Waals surface area contributed by atoms with Crippen molar-refractivity contribution in [3.05, 3.63) is 125 Å². The minimum Gasteiger partial charge on any atom is -0.321 e. The number of hydrogen-bond acceptors (Lipinski definition) is 2. The van der Waals surface area contributed by atoms with Crippen LogP contribution < -0.4 is 5.56 Å². The zero-order valence-electron chi connectivity index (χ0n) is 18.7. The van der Waals surface area contributed by atoms with E-state index in [1.807, 2.05) is 66.7 Å². The molecule has 0 atom stereocenters. The van der Waals surface area contributed by atoms with E-state index in [1.165, 1.54) is 0 Å². The number of aromatic nitrogens is 2. The van der Waals surface area contributed by atoms with Gasteiger partial charge in [0.1, 0.15) is 0 Å². The van der Waals surface area contributed by atoms with E-state index < -0.39 is 0 Å². The number of fused-ring (bicyclic) bond motifs is 2. The summed E-state index contributed by atoms with van der Waals surface area (Å²) in [5.41, 5.74) is 7.99. The number of para-hydroxylation sites is 1. The molecule has 0 saturated carbocycles. The zero-order chi connectivity index (χ0) is 23.1. The molecule has 0 bridgehead atoms. The molecule has 1 N–H and O–H groups in total. The molecular weight excluding hydrogens is 416 g/mol. The van der Waals surface area contributed by atoms with Crippen LogP contribution in [0.2, 0.25) is 0 Å². The van der Waals surface area contributed by atoms with Gasteiger partial charge in [-0.2, -0.15) is 0 Å². The zero-order valence-corrected chi connectivity index (χ0v) is 18.7. The van der Waals surface area contributed by atoms with Crippen molar-refractivity contribution in [2.45, 2.75) is 6.92 Å². The molecule has 0 aliphatic rings. The van der Waals surface area contributed by atoms with Crippen molar-refractivity contribution < 1.29 is 0 Å². The predicted octanol–water partition coefficient (Wildman–Crippen LogP) is 7.39. The Labute approximate surface area is 197 Å². The second-order valence-electron chi connectivity index (χ2n) is 8.56. The van der Waals surface area contributed by atoms with Crippen LogP contribution >= 0.6 is 0 Å². The monoisotopic (exact) mass is 438 g/mol. The van der Waals surface area contributed by atoms with Gasteiger partial charge in [-0.05, 0) is 47.4 Å². The first-order valence-electron chi connectivity index (χ1n) is 11.4. The quantitative estimate of drug-likeness (QED) is 0.313. The van der Waals surface area contributed by atoms with Crippen LogP contribution in [0.25, 0.3) is 55.3 Å². The lowest BCUT2D eigenvalue weighted by Gasteiger charge is -2.15.